The minimum Gasteiger partial charge on any atom is -0.448 e. The monoisotopic (exact) mass is 348 g/mol. The molecule has 6 heteroatoms. The van der Waals surface area contributed by atoms with Crippen LogP contribution < -0.4 is 0 Å². The van der Waals surface area contributed by atoms with E-state index in [9.17, 15) is 4.79 Å². The van der Waals surface area contributed by atoms with E-state index in [2.05, 4.69) is 34.3 Å². The van der Waals surface area contributed by atoms with Crippen molar-refractivity contribution in [2.45, 2.75) is 24.8 Å². The first-order valence-electron chi connectivity index (χ1n) is 8.92. The molecule has 0 aromatic heterocycles. The fourth-order valence-electron chi connectivity index (χ4n) is 4.07. The summed E-state index contributed by atoms with van der Waals surface area (Å²) in [6.45, 7) is 1.28. The predicted octanol–water partition coefficient (Wildman–Crippen LogP) is 4.71. The molecule has 0 N–H and O–H groups in total. The van der Waals surface area contributed by atoms with Gasteiger partial charge in [-0.05, 0) is 40.6 Å². The number of carbonyl (C=O) groups is 1. The number of ether oxygens (including phenoxy) is 1. The van der Waals surface area contributed by atoms with Crippen molar-refractivity contribution >= 4 is 6.09 Å². The molecule has 0 saturated carbocycles. The largest absolute Gasteiger partial charge is 0.448 e. The van der Waals surface area contributed by atoms with E-state index in [1.807, 2.05) is 24.3 Å². The number of nitrogens with zero attached hydrogens (tertiary/aromatic N) is 4. The highest BCUT2D eigenvalue weighted by molar-refractivity contribution is 5.79. The first kappa shape index (κ1) is 16.5. The molecule has 2 aromatic rings. The maximum atomic E-state index is 12.6. The number of likely N-dealkylation sites (tertiary alicyclic amines) is 1. The lowest BCUT2D eigenvalue weighted by Crippen LogP contribution is -2.38. The molecule has 0 unspecified atom stereocenters. The van der Waals surface area contributed by atoms with Gasteiger partial charge in [0.05, 0.1) is 0 Å². The summed E-state index contributed by atoms with van der Waals surface area (Å²) in [6.07, 6.45) is 1.45. The minimum absolute atomic E-state index is 0.0541. The first-order valence-corrected chi connectivity index (χ1v) is 8.92. The van der Waals surface area contributed by atoms with Gasteiger partial charge in [-0.15, -0.1) is 0 Å². The number of fused-ring (bicyclic) bond motifs is 3. The highest BCUT2D eigenvalue weighted by Crippen LogP contribution is 2.44. The van der Waals surface area contributed by atoms with Crippen LogP contribution in [-0.4, -0.2) is 36.7 Å². The molecule has 1 heterocycles. The number of azide groups is 1. The molecule has 1 amide bonds. The second-order valence-corrected chi connectivity index (χ2v) is 6.71. The summed E-state index contributed by atoms with van der Waals surface area (Å²) in [4.78, 5) is 17.1. The molecule has 1 aliphatic carbocycles. The van der Waals surface area contributed by atoms with Crippen molar-refractivity contribution in [2.24, 2.45) is 5.11 Å². The van der Waals surface area contributed by atoms with Crippen molar-refractivity contribution in [1.82, 2.24) is 4.90 Å². The van der Waals surface area contributed by atoms with Crippen LogP contribution in [0.4, 0.5) is 4.79 Å². The van der Waals surface area contributed by atoms with E-state index in [0.29, 0.717) is 19.7 Å². The van der Waals surface area contributed by atoms with E-state index in [-0.39, 0.29) is 18.1 Å². The van der Waals surface area contributed by atoms with Crippen LogP contribution in [0.1, 0.15) is 29.9 Å². The number of hydrogen-bond donors (Lipinski definition) is 0. The summed E-state index contributed by atoms with van der Waals surface area (Å²) >= 11 is 0. The molecule has 1 fully saturated rings. The summed E-state index contributed by atoms with van der Waals surface area (Å²) in [7, 11) is 0. The van der Waals surface area contributed by atoms with Crippen LogP contribution in [0.15, 0.2) is 53.6 Å². The lowest BCUT2D eigenvalue weighted by molar-refractivity contribution is 0.0966. The van der Waals surface area contributed by atoms with Gasteiger partial charge in [0.2, 0.25) is 0 Å². The van der Waals surface area contributed by atoms with E-state index in [1.165, 1.54) is 22.3 Å². The average Bonchev–Trinajstić information content (AvgIpc) is 3.27. The van der Waals surface area contributed by atoms with Gasteiger partial charge in [-0.25, -0.2) is 4.79 Å². The lowest BCUT2D eigenvalue weighted by Gasteiger charge is -2.24. The Morgan fingerprint density at radius 2 is 1.81 bits per heavy atom. The van der Waals surface area contributed by atoms with Gasteiger partial charge < -0.3 is 9.64 Å². The number of benzene rings is 2. The molecule has 1 atom stereocenters. The molecular weight excluding hydrogens is 328 g/mol. The lowest BCUT2D eigenvalue weighted by atomic mass is 9.98. The van der Waals surface area contributed by atoms with E-state index in [4.69, 9.17) is 10.3 Å². The topological polar surface area (TPSA) is 78.3 Å². The molecule has 1 aliphatic heterocycles. The molecule has 2 aliphatic rings. The van der Waals surface area contributed by atoms with Crippen molar-refractivity contribution in [3.05, 3.63) is 70.1 Å². The third-order valence-corrected chi connectivity index (χ3v) is 5.30. The van der Waals surface area contributed by atoms with Crippen molar-refractivity contribution in [3.63, 3.8) is 0 Å². The van der Waals surface area contributed by atoms with E-state index < -0.39 is 0 Å². The van der Waals surface area contributed by atoms with Gasteiger partial charge in [0, 0.05) is 30.0 Å². The molecule has 132 valence electrons. The van der Waals surface area contributed by atoms with Crippen LogP contribution in [-0.2, 0) is 4.74 Å². The SMILES string of the molecule is [N-]=[N+]=NC[C@@H]1CCCN1C(=O)OCC1c2ccccc2-c2ccccc21. The zero-order chi connectivity index (χ0) is 17.9. The summed E-state index contributed by atoms with van der Waals surface area (Å²) < 4.78 is 5.69. The highest BCUT2D eigenvalue weighted by Gasteiger charge is 2.32. The van der Waals surface area contributed by atoms with Crippen LogP contribution in [0, 0.1) is 0 Å². The number of amides is 1. The molecule has 6 nitrogen and oxygen atoms in total. The minimum atomic E-state index is -0.317. The molecular formula is C20H20N4O2. The first-order chi connectivity index (χ1) is 12.8. The van der Waals surface area contributed by atoms with Crippen LogP contribution in [0.5, 0.6) is 0 Å². The highest BCUT2D eigenvalue weighted by atomic mass is 16.6. The fraction of sp³-hybridized carbons (Fsp3) is 0.350. The Labute approximate surface area is 152 Å². The Morgan fingerprint density at radius 3 is 2.46 bits per heavy atom. The molecule has 1 saturated heterocycles. The Morgan fingerprint density at radius 1 is 1.15 bits per heavy atom. The van der Waals surface area contributed by atoms with Gasteiger partial charge >= 0.3 is 6.09 Å². The zero-order valence-electron chi connectivity index (χ0n) is 14.4. The maximum absolute atomic E-state index is 12.6. The summed E-state index contributed by atoms with van der Waals surface area (Å²) in [5.74, 6) is 0.0598. The summed E-state index contributed by atoms with van der Waals surface area (Å²) in [6, 6.07) is 16.5. The number of carbonyl (C=O) groups excluding carboxylic acids is 1. The summed E-state index contributed by atoms with van der Waals surface area (Å²) in [5, 5.41) is 3.61. The second kappa shape index (κ2) is 7.10. The third-order valence-electron chi connectivity index (χ3n) is 5.30. The molecule has 0 radical (unpaired) electrons. The van der Waals surface area contributed by atoms with E-state index in [0.717, 1.165) is 12.8 Å². The van der Waals surface area contributed by atoms with Gasteiger partial charge in [-0.2, -0.15) is 0 Å². The van der Waals surface area contributed by atoms with Crippen molar-refractivity contribution < 1.29 is 9.53 Å². The van der Waals surface area contributed by atoms with E-state index >= 15 is 0 Å². The molecule has 4 rings (SSSR count). The Kier molecular flexibility index (Phi) is 4.50. The molecule has 0 spiro atoms. The van der Waals surface area contributed by atoms with Crippen molar-refractivity contribution in [3.8, 4) is 11.1 Å². The fourth-order valence-corrected chi connectivity index (χ4v) is 4.07. The van der Waals surface area contributed by atoms with Crippen LogP contribution in [0.3, 0.4) is 0 Å². The smallest absolute Gasteiger partial charge is 0.410 e. The van der Waals surface area contributed by atoms with Crippen LogP contribution in [0.2, 0.25) is 0 Å². The number of hydrogen-bond acceptors (Lipinski definition) is 3. The Balaban J connectivity index is 1.49. The quantitative estimate of drug-likeness (QED) is 0.456. The average molecular weight is 348 g/mol. The zero-order valence-corrected chi connectivity index (χ0v) is 14.4. The Hall–Kier alpha value is -2.98. The molecule has 0 bridgehead atoms. The van der Waals surface area contributed by atoms with Gasteiger partial charge in [-0.3, -0.25) is 0 Å². The summed E-state index contributed by atoms with van der Waals surface area (Å²) in [5.41, 5.74) is 13.3. The Bertz CT molecular complexity index is 830. The predicted molar refractivity (Wildman–Crippen MR) is 98.8 cm³/mol. The third kappa shape index (κ3) is 2.89. The maximum Gasteiger partial charge on any atom is 0.410 e. The van der Waals surface area contributed by atoms with Gasteiger partial charge in [-0.1, -0.05) is 53.6 Å². The second-order valence-electron chi connectivity index (χ2n) is 6.71. The molecule has 26 heavy (non-hydrogen) atoms. The van der Waals surface area contributed by atoms with Gasteiger partial charge in [0.25, 0.3) is 0 Å². The number of rotatable bonds is 4. The van der Waals surface area contributed by atoms with Crippen LogP contribution in [0.25, 0.3) is 21.6 Å². The molecule has 2 aromatic carbocycles. The van der Waals surface area contributed by atoms with Crippen molar-refractivity contribution in [2.75, 3.05) is 19.7 Å². The van der Waals surface area contributed by atoms with Gasteiger partial charge in [0.1, 0.15) is 6.61 Å². The standard InChI is InChI=1S/C20H20N4O2/c21-23-22-12-14-6-5-11-24(14)20(25)26-13-19-17-9-3-1-7-15(17)16-8-2-4-10-18(16)19/h1-4,7-10,14,19H,5-6,11-13H2/t14-/m0/s1. The van der Waals surface area contributed by atoms with Gasteiger partial charge in [0.15, 0.2) is 0 Å². The van der Waals surface area contributed by atoms with Crippen molar-refractivity contribution in [1.29, 1.82) is 0 Å². The van der Waals surface area contributed by atoms with E-state index in [1.54, 1.807) is 4.90 Å². The normalized spacial score (nSPS) is 18.2. The van der Waals surface area contributed by atoms with Crippen LogP contribution >= 0.6 is 0 Å².